The number of para-hydroxylation sites is 2. The van der Waals surface area contributed by atoms with Crippen molar-refractivity contribution < 1.29 is 0 Å². The Bertz CT molecular complexity index is 1280. The van der Waals surface area contributed by atoms with E-state index >= 15 is 0 Å². The molecule has 2 heteroatoms. The van der Waals surface area contributed by atoms with Gasteiger partial charge in [-0.15, -0.1) is 0 Å². The van der Waals surface area contributed by atoms with Gasteiger partial charge in [-0.05, 0) is 81.3 Å². The molecule has 1 saturated carbocycles. The minimum absolute atomic E-state index is 0.282. The van der Waals surface area contributed by atoms with Gasteiger partial charge in [-0.1, -0.05) is 43.3 Å². The molecule has 2 fully saturated rings. The molecule has 0 amide bonds. The van der Waals surface area contributed by atoms with Gasteiger partial charge >= 0.3 is 0 Å². The van der Waals surface area contributed by atoms with Gasteiger partial charge in [-0.3, -0.25) is 0 Å². The minimum Gasteiger partial charge on any atom is -0.363 e. The Hall–Kier alpha value is -2.74. The van der Waals surface area contributed by atoms with Gasteiger partial charge in [-0.2, -0.15) is 0 Å². The van der Waals surface area contributed by atoms with Crippen molar-refractivity contribution >= 4 is 27.5 Å². The third-order valence-corrected chi connectivity index (χ3v) is 8.26. The maximum absolute atomic E-state index is 2.76. The molecule has 0 N–H and O–H groups in total. The van der Waals surface area contributed by atoms with Gasteiger partial charge in [0.15, 0.2) is 0 Å². The largest absolute Gasteiger partial charge is 0.363 e. The molecule has 1 aliphatic carbocycles. The average molecular weight is 395 g/mol. The molecule has 4 aromatic rings. The van der Waals surface area contributed by atoms with E-state index in [1.807, 2.05) is 0 Å². The number of nitrogens with zero attached hydrogens (tertiary/aromatic N) is 2. The van der Waals surface area contributed by atoms with Gasteiger partial charge in [0.05, 0.1) is 11.0 Å². The van der Waals surface area contributed by atoms with Gasteiger partial charge in [0, 0.05) is 33.7 Å². The Kier molecular flexibility index (Phi) is 3.56. The molecule has 2 unspecified atom stereocenters. The highest BCUT2D eigenvalue weighted by atomic mass is 15.3. The number of benzene rings is 3. The quantitative estimate of drug-likeness (QED) is 0.347. The molecule has 2 bridgehead atoms. The van der Waals surface area contributed by atoms with E-state index in [4.69, 9.17) is 0 Å². The molecule has 1 aliphatic heterocycles. The van der Waals surface area contributed by atoms with Crippen molar-refractivity contribution in [2.75, 3.05) is 4.90 Å². The third-order valence-electron chi connectivity index (χ3n) is 8.26. The van der Waals surface area contributed by atoms with Gasteiger partial charge in [0.2, 0.25) is 0 Å². The second kappa shape index (κ2) is 5.91. The summed E-state index contributed by atoms with van der Waals surface area (Å²) in [6.45, 7) is 9.73. The van der Waals surface area contributed by atoms with E-state index in [0.29, 0.717) is 11.5 Å². The number of hydrogen-bond acceptors (Lipinski definition) is 1. The third kappa shape index (κ3) is 2.25. The van der Waals surface area contributed by atoms with E-state index in [0.717, 1.165) is 0 Å². The van der Waals surface area contributed by atoms with E-state index < -0.39 is 0 Å². The molecular weight excluding hydrogens is 364 g/mol. The van der Waals surface area contributed by atoms with Gasteiger partial charge in [0.1, 0.15) is 0 Å². The summed E-state index contributed by atoms with van der Waals surface area (Å²) in [4.78, 5) is 2.76. The minimum atomic E-state index is 0.282. The molecule has 30 heavy (non-hydrogen) atoms. The number of piperidine rings is 1. The van der Waals surface area contributed by atoms with Crippen LogP contribution in [0.4, 0.5) is 5.69 Å². The van der Waals surface area contributed by atoms with E-state index in [2.05, 4.69) is 104 Å². The number of rotatable bonds is 2. The summed E-state index contributed by atoms with van der Waals surface area (Å²) < 4.78 is 2.42. The van der Waals surface area contributed by atoms with Crippen LogP contribution >= 0.6 is 0 Å². The standard InChI is InChI=1S/C28H30N2/c1-19-16-26-23(17-25(19)30-20(2)27(3)14-15-28(30,4)18-27)22-12-8-9-13-24(22)29(26)21-10-6-5-7-11-21/h5-13,16-17,20H,14-15,18H2,1-4H3/t20-,27?,28?/m0/s1. The Balaban J connectivity index is 1.64. The lowest BCUT2D eigenvalue weighted by molar-refractivity contribution is 0.290. The van der Waals surface area contributed by atoms with Gasteiger partial charge < -0.3 is 9.47 Å². The van der Waals surface area contributed by atoms with Crippen LogP contribution in [0.3, 0.4) is 0 Å². The van der Waals surface area contributed by atoms with Crippen molar-refractivity contribution in [2.45, 2.75) is 58.5 Å². The fraction of sp³-hybridized carbons (Fsp3) is 0.357. The topological polar surface area (TPSA) is 8.17 Å². The summed E-state index contributed by atoms with van der Waals surface area (Å²) >= 11 is 0. The fourth-order valence-electron chi connectivity index (χ4n) is 6.67. The van der Waals surface area contributed by atoms with E-state index in [1.165, 1.54) is 58.0 Å². The first-order chi connectivity index (χ1) is 14.4. The van der Waals surface area contributed by atoms with Crippen molar-refractivity contribution in [3.8, 4) is 5.69 Å². The average Bonchev–Trinajstić information content (AvgIpc) is 3.30. The number of anilines is 1. The Labute approximate surface area is 179 Å². The lowest BCUT2D eigenvalue weighted by atomic mass is 9.82. The van der Waals surface area contributed by atoms with Crippen LogP contribution in [0.1, 0.15) is 45.6 Å². The zero-order chi connectivity index (χ0) is 20.7. The molecular formula is C28H30N2. The normalized spacial score (nSPS) is 28.1. The first-order valence-electron chi connectivity index (χ1n) is 11.3. The summed E-state index contributed by atoms with van der Waals surface area (Å²) in [6, 6.07) is 25.1. The highest BCUT2D eigenvalue weighted by molar-refractivity contribution is 6.10. The molecule has 3 atom stereocenters. The molecule has 2 heterocycles. The summed E-state index contributed by atoms with van der Waals surface area (Å²) in [5.41, 5.74) is 7.34. The molecule has 152 valence electrons. The van der Waals surface area contributed by atoms with E-state index in [9.17, 15) is 0 Å². The summed E-state index contributed by atoms with van der Waals surface area (Å²) in [7, 11) is 0. The smallest absolute Gasteiger partial charge is 0.0545 e. The lowest BCUT2D eigenvalue weighted by Gasteiger charge is -2.45. The number of hydrogen-bond donors (Lipinski definition) is 0. The lowest BCUT2D eigenvalue weighted by Crippen LogP contribution is -2.48. The number of aryl methyl sites for hydroxylation is 1. The van der Waals surface area contributed by atoms with Crippen LogP contribution in [-0.4, -0.2) is 16.1 Å². The Morgan fingerprint density at radius 1 is 0.833 bits per heavy atom. The zero-order valence-corrected chi connectivity index (χ0v) is 18.4. The molecule has 1 aromatic heterocycles. The Morgan fingerprint density at radius 2 is 1.57 bits per heavy atom. The van der Waals surface area contributed by atoms with Crippen molar-refractivity contribution in [1.82, 2.24) is 4.57 Å². The Morgan fingerprint density at radius 3 is 2.30 bits per heavy atom. The molecule has 2 nitrogen and oxygen atoms in total. The first-order valence-corrected chi connectivity index (χ1v) is 11.3. The maximum atomic E-state index is 2.76. The van der Waals surface area contributed by atoms with E-state index in [-0.39, 0.29) is 5.54 Å². The van der Waals surface area contributed by atoms with Crippen molar-refractivity contribution in [3.63, 3.8) is 0 Å². The highest BCUT2D eigenvalue weighted by Gasteiger charge is 2.58. The monoisotopic (exact) mass is 394 g/mol. The maximum Gasteiger partial charge on any atom is 0.0545 e. The zero-order valence-electron chi connectivity index (χ0n) is 18.4. The van der Waals surface area contributed by atoms with Gasteiger partial charge in [0.25, 0.3) is 0 Å². The van der Waals surface area contributed by atoms with Crippen LogP contribution in [0.2, 0.25) is 0 Å². The SMILES string of the molecule is Cc1cc2c(cc1N1[C@@H](C)C3(C)CCC1(C)C3)c1ccccc1n2-c1ccccc1. The van der Waals surface area contributed by atoms with Crippen molar-refractivity contribution in [3.05, 3.63) is 72.3 Å². The van der Waals surface area contributed by atoms with Crippen LogP contribution in [-0.2, 0) is 0 Å². The van der Waals surface area contributed by atoms with Crippen LogP contribution in [0, 0.1) is 12.3 Å². The predicted octanol–water partition coefficient (Wildman–Crippen LogP) is 7.25. The molecule has 1 saturated heterocycles. The number of aromatic nitrogens is 1. The summed E-state index contributed by atoms with van der Waals surface area (Å²) in [5, 5.41) is 2.70. The van der Waals surface area contributed by atoms with Crippen LogP contribution in [0.5, 0.6) is 0 Å². The second-order valence-corrected chi connectivity index (χ2v) is 10.2. The van der Waals surface area contributed by atoms with Crippen LogP contribution in [0.15, 0.2) is 66.7 Å². The van der Waals surface area contributed by atoms with Crippen LogP contribution in [0.25, 0.3) is 27.5 Å². The first kappa shape index (κ1) is 18.1. The summed E-state index contributed by atoms with van der Waals surface area (Å²) in [5.74, 6) is 0. The molecule has 2 aliphatic rings. The molecule has 6 rings (SSSR count). The molecule has 3 aromatic carbocycles. The van der Waals surface area contributed by atoms with E-state index in [1.54, 1.807) is 0 Å². The molecule has 0 radical (unpaired) electrons. The van der Waals surface area contributed by atoms with Gasteiger partial charge in [-0.25, -0.2) is 0 Å². The fourth-order valence-corrected chi connectivity index (χ4v) is 6.67. The highest BCUT2D eigenvalue weighted by Crippen LogP contribution is 2.59. The van der Waals surface area contributed by atoms with Crippen molar-refractivity contribution in [2.24, 2.45) is 5.41 Å². The predicted molar refractivity (Wildman–Crippen MR) is 128 cm³/mol. The molecule has 0 spiro atoms. The van der Waals surface area contributed by atoms with Crippen LogP contribution < -0.4 is 4.90 Å². The number of fused-ring (bicyclic) bond motifs is 5. The van der Waals surface area contributed by atoms with Crippen molar-refractivity contribution in [1.29, 1.82) is 0 Å². The second-order valence-electron chi connectivity index (χ2n) is 10.2. The summed E-state index contributed by atoms with van der Waals surface area (Å²) in [6.07, 6.45) is 3.97.